The van der Waals surface area contributed by atoms with Crippen LogP contribution in [0.15, 0.2) is 34.9 Å². The van der Waals surface area contributed by atoms with Gasteiger partial charge in [-0.25, -0.2) is 0 Å². The standard InChI is InChI=1S/C14H15BrN2O/c15-10-7-9-3-1-5-12(14(9)16-8-10)17-11-4-2-6-13(11)18/h1,3,5,7-8,11,13,17-18H,2,4,6H2/t11-,13-/m1/s1. The van der Waals surface area contributed by atoms with Gasteiger partial charge in [0.2, 0.25) is 0 Å². The molecule has 3 nitrogen and oxygen atoms in total. The minimum absolute atomic E-state index is 0.154. The highest BCUT2D eigenvalue weighted by Crippen LogP contribution is 2.28. The molecule has 2 atom stereocenters. The molecule has 0 bridgehead atoms. The minimum atomic E-state index is -0.240. The molecule has 1 aromatic carbocycles. The van der Waals surface area contributed by atoms with Crippen LogP contribution in [0.2, 0.25) is 0 Å². The summed E-state index contributed by atoms with van der Waals surface area (Å²) in [4.78, 5) is 4.46. The summed E-state index contributed by atoms with van der Waals surface area (Å²) in [7, 11) is 0. The molecular formula is C14H15BrN2O. The highest BCUT2D eigenvalue weighted by Gasteiger charge is 2.25. The van der Waals surface area contributed by atoms with E-state index in [1.54, 1.807) is 6.20 Å². The smallest absolute Gasteiger partial charge is 0.0934 e. The van der Waals surface area contributed by atoms with Crippen LogP contribution in [-0.2, 0) is 0 Å². The van der Waals surface area contributed by atoms with Crippen molar-refractivity contribution in [3.63, 3.8) is 0 Å². The molecule has 1 saturated carbocycles. The number of aliphatic hydroxyl groups is 1. The van der Waals surface area contributed by atoms with Gasteiger partial charge in [-0.2, -0.15) is 0 Å². The number of halogens is 1. The molecule has 1 aliphatic carbocycles. The predicted octanol–water partition coefficient (Wildman–Crippen LogP) is 3.32. The number of aromatic nitrogens is 1. The summed E-state index contributed by atoms with van der Waals surface area (Å²) in [5.74, 6) is 0. The zero-order valence-corrected chi connectivity index (χ0v) is 11.5. The van der Waals surface area contributed by atoms with E-state index in [4.69, 9.17) is 0 Å². The molecule has 1 fully saturated rings. The summed E-state index contributed by atoms with van der Waals surface area (Å²) in [6.45, 7) is 0. The van der Waals surface area contributed by atoms with Crippen molar-refractivity contribution in [1.82, 2.24) is 4.98 Å². The first-order chi connectivity index (χ1) is 8.74. The Hall–Kier alpha value is -1.13. The van der Waals surface area contributed by atoms with Gasteiger partial charge in [-0.1, -0.05) is 12.1 Å². The molecule has 0 unspecified atom stereocenters. The second kappa shape index (κ2) is 4.86. The van der Waals surface area contributed by atoms with Gasteiger partial charge in [0.05, 0.1) is 23.3 Å². The van der Waals surface area contributed by atoms with Gasteiger partial charge >= 0.3 is 0 Å². The molecule has 18 heavy (non-hydrogen) atoms. The summed E-state index contributed by atoms with van der Waals surface area (Å²) in [6.07, 6.45) is 4.56. The van der Waals surface area contributed by atoms with Gasteiger partial charge in [0.15, 0.2) is 0 Å². The normalized spacial score (nSPS) is 23.4. The maximum atomic E-state index is 9.88. The zero-order valence-electron chi connectivity index (χ0n) is 9.94. The van der Waals surface area contributed by atoms with E-state index in [0.29, 0.717) is 0 Å². The van der Waals surface area contributed by atoms with Crippen LogP contribution in [0.1, 0.15) is 19.3 Å². The number of hydrogen-bond acceptors (Lipinski definition) is 3. The van der Waals surface area contributed by atoms with E-state index in [9.17, 15) is 5.11 Å². The Labute approximate surface area is 114 Å². The van der Waals surface area contributed by atoms with E-state index in [0.717, 1.165) is 40.3 Å². The lowest BCUT2D eigenvalue weighted by Crippen LogP contribution is -2.28. The quantitative estimate of drug-likeness (QED) is 0.894. The van der Waals surface area contributed by atoms with E-state index in [2.05, 4.69) is 32.3 Å². The van der Waals surface area contributed by atoms with E-state index in [1.807, 2.05) is 18.2 Å². The van der Waals surface area contributed by atoms with Crippen molar-refractivity contribution >= 4 is 32.5 Å². The average Bonchev–Trinajstić information content (AvgIpc) is 2.75. The Morgan fingerprint density at radius 1 is 1.33 bits per heavy atom. The molecular weight excluding hydrogens is 292 g/mol. The number of anilines is 1. The van der Waals surface area contributed by atoms with E-state index < -0.39 is 0 Å². The first-order valence-corrected chi connectivity index (χ1v) is 7.02. The Kier molecular flexibility index (Phi) is 3.22. The third-order valence-electron chi connectivity index (χ3n) is 3.50. The molecule has 1 aliphatic rings. The maximum Gasteiger partial charge on any atom is 0.0934 e. The van der Waals surface area contributed by atoms with E-state index >= 15 is 0 Å². The zero-order chi connectivity index (χ0) is 12.5. The summed E-state index contributed by atoms with van der Waals surface area (Å²) in [5, 5.41) is 14.4. The molecule has 2 N–H and O–H groups in total. The highest BCUT2D eigenvalue weighted by atomic mass is 79.9. The largest absolute Gasteiger partial charge is 0.391 e. The summed E-state index contributed by atoms with van der Waals surface area (Å²) >= 11 is 3.43. The van der Waals surface area contributed by atoms with Crippen LogP contribution in [0.3, 0.4) is 0 Å². The average molecular weight is 307 g/mol. The van der Waals surface area contributed by atoms with E-state index in [-0.39, 0.29) is 12.1 Å². The number of nitrogens with one attached hydrogen (secondary N) is 1. The van der Waals surface area contributed by atoms with Crippen LogP contribution in [0.4, 0.5) is 5.69 Å². The Morgan fingerprint density at radius 2 is 2.22 bits per heavy atom. The third kappa shape index (κ3) is 2.22. The van der Waals surface area contributed by atoms with Crippen LogP contribution in [-0.4, -0.2) is 22.2 Å². The summed E-state index contributed by atoms with van der Waals surface area (Å²) < 4.78 is 0.980. The Morgan fingerprint density at radius 3 is 3.00 bits per heavy atom. The first-order valence-electron chi connectivity index (χ1n) is 6.23. The molecule has 1 heterocycles. The van der Waals surface area contributed by atoms with Crippen LogP contribution in [0.25, 0.3) is 10.9 Å². The summed E-state index contributed by atoms with van der Waals surface area (Å²) in [5.41, 5.74) is 1.96. The molecule has 0 radical (unpaired) electrons. The number of hydrogen-bond donors (Lipinski definition) is 2. The predicted molar refractivity (Wildman–Crippen MR) is 76.7 cm³/mol. The molecule has 0 aliphatic heterocycles. The second-order valence-corrected chi connectivity index (χ2v) is 5.70. The monoisotopic (exact) mass is 306 g/mol. The number of rotatable bonds is 2. The number of para-hydroxylation sites is 1. The molecule has 94 valence electrons. The highest BCUT2D eigenvalue weighted by molar-refractivity contribution is 9.10. The van der Waals surface area contributed by atoms with Crippen molar-refractivity contribution in [2.24, 2.45) is 0 Å². The van der Waals surface area contributed by atoms with Crippen molar-refractivity contribution < 1.29 is 5.11 Å². The van der Waals surface area contributed by atoms with Crippen molar-refractivity contribution in [3.05, 3.63) is 34.9 Å². The second-order valence-electron chi connectivity index (χ2n) is 4.78. The Balaban J connectivity index is 1.96. The molecule has 2 aromatic rings. The lowest BCUT2D eigenvalue weighted by Gasteiger charge is -2.18. The van der Waals surface area contributed by atoms with Crippen molar-refractivity contribution in [2.75, 3.05) is 5.32 Å². The van der Waals surface area contributed by atoms with Crippen molar-refractivity contribution in [1.29, 1.82) is 0 Å². The minimum Gasteiger partial charge on any atom is -0.391 e. The topological polar surface area (TPSA) is 45.1 Å². The van der Waals surface area contributed by atoms with Gasteiger partial charge in [0, 0.05) is 16.1 Å². The van der Waals surface area contributed by atoms with Gasteiger partial charge in [-0.05, 0) is 47.3 Å². The molecule has 3 rings (SSSR count). The number of nitrogens with zero attached hydrogens (tertiary/aromatic N) is 1. The fourth-order valence-electron chi connectivity index (χ4n) is 2.56. The van der Waals surface area contributed by atoms with Gasteiger partial charge < -0.3 is 10.4 Å². The molecule has 1 aromatic heterocycles. The molecule has 0 amide bonds. The van der Waals surface area contributed by atoms with Crippen LogP contribution >= 0.6 is 15.9 Å². The van der Waals surface area contributed by atoms with Crippen LogP contribution in [0.5, 0.6) is 0 Å². The fourth-order valence-corrected chi connectivity index (χ4v) is 2.91. The van der Waals surface area contributed by atoms with Crippen molar-refractivity contribution in [3.8, 4) is 0 Å². The van der Waals surface area contributed by atoms with Gasteiger partial charge in [0.25, 0.3) is 0 Å². The maximum absolute atomic E-state index is 9.88. The number of fused-ring (bicyclic) bond motifs is 1. The molecule has 0 saturated heterocycles. The summed E-state index contributed by atoms with van der Waals surface area (Å²) in [6, 6.07) is 8.29. The molecule has 0 spiro atoms. The van der Waals surface area contributed by atoms with Crippen molar-refractivity contribution in [2.45, 2.75) is 31.4 Å². The lowest BCUT2D eigenvalue weighted by atomic mass is 10.1. The van der Waals surface area contributed by atoms with Crippen LogP contribution in [0, 0.1) is 0 Å². The van der Waals surface area contributed by atoms with Gasteiger partial charge in [0.1, 0.15) is 0 Å². The van der Waals surface area contributed by atoms with Crippen LogP contribution < -0.4 is 5.32 Å². The first kappa shape index (κ1) is 11.9. The number of aliphatic hydroxyl groups excluding tert-OH is 1. The number of pyridine rings is 1. The van der Waals surface area contributed by atoms with Gasteiger partial charge in [-0.3, -0.25) is 4.98 Å². The Bertz CT molecular complexity index is 573. The van der Waals surface area contributed by atoms with Gasteiger partial charge in [-0.15, -0.1) is 0 Å². The third-order valence-corrected chi connectivity index (χ3v) is 3.93. The molecule has 4 heteroatoms. The SMILES string of the molecule is O[C@@H]1CCC[C@H]1Nc1cccc2cc(Br)cnc12. The van der Waals surface area contributed by atoms with E-state index in [1.165, 1.54) is 0 Å². The lowest BCUT2D eigenvalue weighted by molar-refractivity contribution is 0.172. The fraction of sp³-hybridized carbons (Fsp3) is 0.357. The number of benzene rings is 1.